The van der Waals surface area contributed by atoms with Crippen LogP contribution in [0.25, 0.3) is 0 Å². The molecule has 5 heteroatoms. The van der Waals surface area contributed by atoms with Crippen LogP contribution in [0.1, 0.15) is 69.4 Å². The van der Waals surface area contributed by atoms with Gasteiger partial charge in [-0.2, -0.15) is 0 Å². The summed E-state index contributed by atoms with van der Waals surface area (Å²) in [7, 11) is 4.47. The number of aryl methyl sites for hydroxylation is 2. The Morgan fingerprint density at radius 1 is 0.880 bits per heavy atom. The van der Waals surface area contributed by atoms with Gasteiger partial charge in [0.2, 0.25) is 0 Å². The smallest absolute Gasteiger partial charge is 0.0770 e. The summed E-state index contributed by atoms with van der Waals surface area (Å²) in [5.41, 5.74) is 3.06. The lowest BCUT2D eigenvalue weighted by Gasteiger charge is -2.08. The molecule has 1 rings (SSSR count). The lowest BCUT2D eigenvalue weighted by atomic mass is 10.0. The Bertz CT molecular complexity index is 446. The third-order valence-electron chi connectivity index (χ3n) is 4.20. The minimum atomic E-state index is -1.75. The lowest BCUT2D eigenvalue weighted by molar-refractivity contribution is -0.858. The van der Waals surface area contributed by atoms with Crippen LogP contribution in [0.5, 0.6) is 0 Å². The molecular formula is C20H36N2O3. The van der Waals surface area contributed by atoms with E-state index in [0.29, 0.717) is 0 Å². The van der Waals surface area contributed by atoms with Crippen LogP contribution >= 0.6 is 0 Å². The van der Waals surface area contributed by atoms with Crippen LogP contribution in [0, 0.1) is 15.3 Å². The van der Waals surface area contributed by atoms with Gasteiger partial charge in [-0.05, 0) is 30.4 Å². The van der Waals surface area contributed by atoms with E-state index in [4.69, 9.17) is 15.3 Å². The molecule has 1 aromatic rings. The summed E-state index contributed by atoms with van der Waals surface area (Å²) in [5, 5.41) is 14.8. The van der Waals surface area contributed by atoms with Crippen LogP contribution in [-0.4, -0.2) is 25.7 Å². The molecule has 0 aliphatic carbocycles. The number of quaternary nitrogens is 1. The Kier molecular flexibility index (Phi) is 14.9. The van der Waals surface area contributed by atoms with Crippen molar-refractivity contribution in [3.05, 3.63) is 50.7 Å². The average Bonchev–Trinajstić information content (AvgIpc) is 2.53. The van der Waals surface area contributed by atoms with Crippen molar-refractivity contribution in [1.82, 2.24) is 0 Å². The third kappa shape index (κ3) is 17.0. The van der Waals surface area contributed by atoms with Gasteiger partial charge in [-0.25, -0.2) is 0 Å². The van der Waals surface area contributed by atoms with Gasteiger partial charge in [0.05, 0.1) is 25.7 Å². The number of nitrogens with zero attached hydrogens (tertiary/aromatic N) is 1. The van der Waals surface area contributed by atoms with Crippen molar-refractivity contribution in [3.8, 4) is 0 Å². The molecule has 1 N–H and O–H groups in total. The van der Waals surface area contributed by atoms with Gasteiger partial charge in [0.25, 0.3) is 0 Å². The van der Waals surface area contributed by atoms with Crippen molar-refractivity contribution in [3.63, 3.8) is 0 Å². The maximum atomic E-state index is 8.25. The largest absolute Gasteiger partial charge is 0.356 e. The standard InChI is InChI=1S/C20H35N.NO3/c1-4-5-6-7-8-9-10-13-19-14-11-15-20(18-19)16-12-17-21(2)3;2-1(3)4/h11,14-15,18H,4-10,12-13,16-17H2,1-3H3;/q;-1/p+1. The Hall–Kier alpha value is -1.62. The highest BCUT2D eigenvalue weighted by Gasteiger charge is 1.99. The first-order valence-corrected chi connectivity index (χ1v) is 9.64. The zero-order chi connectivity index (χ0) is 18.9. The summed E-state index contributed by atoms with van der Waals surface area (Å²) in [6, 6.07) is 9.27. The number of benzene rings is 1. The predicted molar refractivity (Wildman–Crippen MR) is 104 cm³/mol. The quantitative estimate of drug-likeness (QED) is 0.353. The first kappa shape index (κ1) is 23.4. The van der Waals surface area contributed by atoms with Gasteiger partial charge >= 0.3 is 0 Å². The highest BCUT2D eigenvalue weighted by atomic mass is 16.9. The van der Waals surface area contributed by atoms with E-state index in [1.165, 1.54) is 76.3 Å². The topological polar surface area (TPSA) is 70.6 Å². The van der Waals surface area contributed by atoms with E-state index in [-0.39, 0.29) is 0 Å². The SMILES string of the molecule is CCCCCCCCCc1cccc(CCC[NH+](C)C)c1.O=[N+]([O-])[O-]. The summed E-state index contributed by atoms with van der Waals surface area (Å²) < 4.78 is 0. The summed E-state index contributed by atoms with van der Waals surface area (Å²) in [6.45, 7) is 3.55. The number of hydrogen-bond donors (Lipinski definition) is 1. The van der Waals surface area contributed by atoms with E-state index in [1.54, 1.807) is 10.5 Å². The Balaban J connectivity index is 0.00000129. The van der Waals surface area contributed by atoms with Gasteiger partial charge in [-0.15, -0.1) is 0 Å². The van der Waals surface area contributed by atoms with Gasteiger partial charge in [-0.3, -0.25) is 0 Å². The molecule has 0 atom stereocenters. The van der Waals surface area contributed by atoms with Crippen LogP contribution in [0.15, 0.2) is 24.3 Å². The van der Waals surface area contributed by atoms with Crippen LogP contribution in [-0.2, 0) is 12.8 Å². The van der Waals surface area contributed by atoms with Crippen LogP contribution in [0.3, 0.4) is 0 Å². The molecule has 0 saturated heterocycles. The Morgan fingerprint density at radius 2 is 1.36 bits per heavy atom. The molecule has 0 bridgehead atoms. The molecule has 0 aromatic heterocycles. The van der Waals surface area contributed by atoms with Gasteiger partial charge in [0, 0.05) is 6.42 Å². The summed E-state index contributed by atoms with van der Waals surface area (Å²) in [6.07, 6.45) is 13.6. The number of hydrogen-bond acceptors (Lipinski definition) is 3. The van der Waals surface area contributed by atoms with E-state index in [9.17, 15) is 0 Å². The van der Waals surface area contributed by atoms with Crippen molar-refractivity contribution in [2.24, 2.45) is 0 Å². The molecule has 1 aromatic carbocycles. The molecule has 144 valence electrons. The highest BCUT2D eigenvalue weighted by molar-refractivity contribution is 5.23. The number of rotatable bonds is 12. The van der Waals surface area contributed by atoms with Gasteiger partial charge < -0.3 is 20.2 Å². The molecule has 0 unspecified atom stereocenters. The van der Waals surface area contributed by atoms with Crippen molar-refractivity contribution in [1.29, 1.82) is 0 Å². The van der Waals surface area contributed by atoms with E-state index < -0.39 is 5.09 Å². The van der Waals surface area contributed by atoms with Crippen LogP contribution < -0.4 is 4.90 Å². The monoisotopic (exact) mass is 352 g/mol. The van der Waals surface area contributed by atoms with Crippen molar-refractivity contribution >= 4 is 0 Å². The molecule has 0 spiro atoms. The van der Waals surface area contributed by atoms with Gasteiger partial charge in [0.15, 0.2) is 0 Å². The molecule has 5 nitrogen and oxygen atoms in total. The molecule has 0 amide bonds. The fraction of sp³-hybridized carbons (Fsp3) is 0.700. The molecule has 25 heavy (non-hydrogen) atoms. The first-order valence-electron chi connectivity index (χ1n) is 9.64. The molecule has 0 saturated carbocycles. The Morgan fingerprint density at radius 3 is 1.88 bits per heavy atom. The summed E-state index contributed by atoms with van der Waals surface area (Å²) >= 11 is 0. The van der Waals surface area contributed by atoms with Crippen LogP contribution in [0.2, 0.25) is 0 Å². The minimum Gasteiger partial charge on any atom is -0.356 e. The summed E-state index contributed by atoms with van der Waals surface area (Å²) in [4.78, 5) is 9.80. The second-order valence-electron chi connectivity index (χ2n) is 6.98. The minimum absolute atomic E-state index is 1.23. The average molecular weight is 353 g/mol. The van der Waals surface area contributed by atoms with E-state index in [2.05, 4.69) is 45.3 Å². The van der Waals surface area contributed by atoms with E-state index >= 15 is 0 Å². The fourth-order valence-electron chi connectivity index (χ4n) is 2.87. The predicted octanol–water partition coefficient (Wildman–Crippen LogP) is 3.82. The summed E-state index contributed by atoms with van der Waals surface area (Å²) in [5.74, 6) is 0. The Labute approximate surface area is 153 Å². The maximum absolute atomic E-state index is 8.25. The molecule has 0 heterocycles. The van der Waals surface area contributed by atoms with Crippen molar-refractivity contribution in [2.45, 2.75) is 71.1 Å². The normalized spacial score (nSPS) is 10.4. The van der Waals surface area contributed by atoms with Crippen LogP contribution in [0.4, 0.5) is 0 Å². The molecular weight excluding hydrogens is 316 g/mol. The van der Waals surface area contributed by atoms with Crippen molar-refractivity contribution in [2.75, 3.05) is 20.6 Å². The second-order valence-corrected chi connectivity index (χ2v) is 6.98. The van der Waals surface area contributed by atoms with E-state index in [1.807, 2.05) is 0 Å². The zero-order valence-electron chi connectivity index (χ0n) is 16.3. The first-order chi connectivity index (χ1) is 12.0. The molecule has 0 fully saturated rings. The second kappa shape index (κ2) is 15.9. The highest BCUT2D eigenvalue weighted by Crippen LogP contribution is 2.13. The van der Waals surface area contributed by atoms with E-state index in [0.717, 1.165) is 0 Å². The van der Waals surface area contributed by atoms with Gasteiger partial charge in [0.1, 0.15) is 0 Å². The zero-order valence-corrected chi connectivity index (χ0v) is 16.3. The number of nitrogens with one attached hydrogen (secondary N) is 1. The maximum Gasteiger partial charge on any atom is 0.0770 e. The van der Waals surface area contributed by atoms with Crippen molar-refractivity contribution < 1.29 is 9.99 Å². The van der Waals surface area contributed by atoms with Gasteiger partial charge in [-0.1, -0.05) is 69.7 Å². The molecule has 0 radical (unpaired) electrons. The molecule has 0 aliphatic heterocycles. The number of unbranched alkanes of at least 4 members (excludes halogenated alkanes) is 6. The lowest BCUT2D eigenvalue weighted by Crippen LogP contribution is -3.05. The third-order valence-corrected chi connectivity index (χ3v) is 4.20. The fourth-order valence-corrected chi connectivity index (χ4v) is 2.87. The molecule has 0 aliphatic rings.